The number of benzene rings is 1. The number of amides is 1. The molecule has 98 valence electrons. The van der Waals surface area contributed by atoms with Gasteiger partial charge in [0.05, 0.1) is 11.1 Å². The van der Waals surface area contributed by atoms with E-state index in [1.165, 1.54) is 0 Å². The molecule has 1 aromatic heterocycles. The van der Waals surface area contributed by atoms with Crippen LogP contribution in [0.2, 0.25) is 0 Å². The third-order valence-electron chi connectivity index (χ3n) is 3.64. The van der Waals surface area contributed by atoms with E-state index >= 15 is 0 Å². The first-order valence-electron chi connectivity index (χ1n) is 6.59. The summed E-state index contributed by atoms with van der Waals surface area (Å²) in [6.45, 7) is 0.605. The summed E-state index contributed by atoms with van der Waals surface area (Å²) in [5.74, 6) is -0.0271. The first-order chi connectivity index (χ1) is 9.19. The Morgan fingerprint density at radius 2 is 2.11 bits per heavy atom. The van der Waals surface area contributed by atoms with E-state index < -0.39 is 5.54 Å². The summed E-state index contributed by atoms with van der Waals surface area (Å²) in [6, 6.07) is 10.1. The van der Waals surface area contributed by atoms with Crippen molar-refractivity contribution in [1.29, 1.82) is 0 Å². The Hall–Kier alpha value is -1.94. The number of carbonyl (C=O) groups is 1. The third kappa shape index (κ3) is 2.44. The van der Waals surface area contributed by atoms with Crippen molar-refractivity contribution in [1.82, 2.24) is 10.3 Å². The van der Waals surface area contributed by atoms with Crippen LogP contribution in [0.5, 0.6) is 0 Å². The van der Waals surface area contributed by atoms with Gasteiger partial charge in [0.25, 0.3) is 0 Å². The van der Waals surface area contributed by atoms with Gasteiger partial charge in [0.15, 0.2) is 0 Å². The van der Waals surface area contributed by atoms with Crippen LogP contribution in [-0.2, 0) is 11.2 Å². The van der Waals surface area contributed by atoms with Crippen LogP contribution in [0.25, 0.3) is 10.9 Å². The summed E-state index contributed by atoms with van der Waals surface area (Å²) >= 11 is 0. The van der Waals surface area contributed by atoms with Gasteiger partial charge in [-0.15, -0.1) is 0 Å². The fourth-order valence-electron chi connectivity index (χ4n) is 2.22. The van der Waals surface area contributed by atoms with E-state index in [1.807, 2.05) is 24.3 Å². The molecular weight excluding hydrogens is 238 g/mol. The average Bonchev–Trinajstić information content (AvgIpc) is 3.18. The molecule has 1 aliphatic carbocycles. The lowest BCUT2D eigenvalue weighted by molar-refractivity contribution is -0.123. The van der Waals surface area contributed by atoms with Crippen LogP contribution < -0.4 is 11.1 Å². The summed E-state index contributed by atoms with van der Waals surface area (Å²) in [5.41, 5.74) is 7.41. The zero-order valence-electron chi connectivity index (χ0n) is 10.7. The standard InChI is InChI=1S/C15H17N3O/c16-15(7-8-15)14(19)18-10-6-12-4-1-3-11-5-2-9-17-13(11)12/h1-5,9H,6-8,10,16H2,(H,18,19). The van der Waals surface area contributed by atoms with E-state index in [0.717, 1.165) is 35.7 Å². The average molecular weight is 255 g/mol. The van der Waals surface area contributed by atoms with Gasteiger partial charge in [0, 0.05) is 18.1 Å². The predicted octanol–water partition coefficient (Wildman–Crippen LogP) is 1.38. The predicted molar refractivity (Wildman–Crippen MR) is 74.6 cm³/mol. The largest absolute Gasteiger partial charge is 0.354 e. The monoisotopic (exact) mass is 255 g/mol. The van der Waals surface area contributed by atoms with Crippen LogP contribution >= 0.6 is 0 Å². The molecule has 0 spiro atoms. The highest BCUT2D eigenvalue weighted by Gasteiger charge is 2.45. The van der Waals surface area contributed by atoms with Gasteiger partial charge in [0.1, 0.15) is 0 Å². The SMILES string of the molecule is NC1(C(=O)NCCc2cccc3cccnc23)CC1. The molecule has 3 N–H and O–H groups in total. The van der Waals surface area contributed by atoms with Gasteiger partial charge in [-0.25, -0.2) is 0 Å². The molecule has 0 atom stereocenters. The van der Waals surface area contributed by atoms with E-state index in [4.69, 9.17) is 5.73 Å². The van der Waals surface area contributed by atoms with E-state index in [0.29, 0.717) is 6.54 Å². The number of nitrogens with zero attached hydrogens (tertiary/aromatic N) is 1. The lowest BCUT2D eigenvalue weighted by Crippen LogP contribution is -2.43. The minimum Gasteiger partial charge on any atom is -0.354 e. The topological polar surface area (TPSA) is 68.0 Å². The highest BCUT2D eigenvalue weighted by atomic mass is 16.2. The number of rotatable bonds is 4. The van der Waals surface area contributed by atoms with Gasteiger partial charge in [-0.3, -0.25) is 9.78 Å². The van der Waals surface area contributed by atoms with Crippen molar-refractivity contribution in [3.63, 3.8) is 0 Å². The zero-order chi connectivity index (χ0) is 13.3. The van der Waals surface area contributed by atoms with Gasteiger partial charge in [-0.1, -0.05) is 24.3 Å². The van der Waals surface area contributed by atoms with Crippen molar-refractivity contribution in [3.05, 3.63) is 42.1 Å². The number of nitrogens with two attached hydrogens (primary N) is 1. The molecule has 1 aliphatic rings. The second kappa shape index (κ2) is 4.63. The number of carbonyl (C=O) groups excluding carboxylic acids is 1. The molecule has 1 saturated carbocycles. The molecule has 2 aromatic rings. The lowest BCUT2D eigenvalue weighted by atomic mass is 10.1. The maximum Gasteiger partial charge on any atom is 0.240 e. The highest BCUT2D eigenvalue weighted by molar-refractivity contribution is 5.89. The molecule has 0 bridgehead atoms. The molecule has 3 rings (SSSR count). The summed E-state index contributed by atoms with van der Waals surface area (Å²) in [5, 5.41) is 4.04. The molecule has 1 aromatic carbocycles. The molecule has 0 unspecified atom stereocenters. The molecule has 1 amide bonds. The van der Waals surface area contributed by atoms with Gasteiger partial charge >= 0.3 is 0 Å². The summed E-state index contributed by atoms with van der Waals surface area (Å²) in [4.78, 5) is 16.1. The van der Waals surface area contributed by atoms with Crippen molar-refractivity contribution in [2.45, 2.75) is 24.8 Å². The van der Waals surface area contributed by atoms with E-state index in [-0.39, 0.29) is 5.91 Å². The summed E-state index contributed by atoms with van der Waals surface area (Å²) < 4.78 is 0. The summed E-state index contributed by atoms with van der Waals surface area (Å²) in [6.07, 6.45) is 4.17. The molecule has 0 saturated heterocycles. The van der Waals surface area contributed by atoms with Crippen molar-refractivity contribution >= 4 is 16.8 Å². The minimum absolute atomic E-state index is 0.0271. The Morgan fingerprint density at radius 3 is 2.89 bits per heavy atom. The smallest absolute Gasteiger partial charge is 0.240 e. The maximum absolute atomic E-state index is 11.7. The first-order valence-corrected chi connectivity index (χ1v) is 6.59. The van der Waals surface area contributed by atoms with Crippen molar-refractivity contribution < 1.29 is 4.79 Å². The van der Waals surface area contributed by atoms with Gasteiger partial charge in [-0.2, -0.15) is 0 Å². The summed E-state index contributed by atoms with van der Waals surface area (Å²) in [7, 11) is 0. The van der Waals surface area contributed by atoms with E-state index in [1.54, 1.807) is 6.20 Å². The van der Waals surface area contributed by atoms with Crippen LogP contribution in [0, 0.1) is 0 Å². The Labute approximate surface area is 112 Å². The van der Waals surface area contributed by atoms with Crippen molar-refractivity contribution in [2.75, 3.05) is 6.54 Å². The molecule has 0 aliphatic heterocycles. The zero-order valence-corrected chi connectivity index (χ0v) is 10.7. The van der Waals surface area contributed by atoms with Gasteiger partial charge in [-0.05, 0) is 30.9 Å². The van der Waals surface area contributed by atoms with Crippen LogP contribution in [-0.4, -0.2) is 23.0 Å². The van der Waals surface area contributed by atoms with Crippen molar-refractivity contribution in [3.8, 4) is 0 Å². The fraction of sp³-hybridized carbons (Fsp3) is 0.333. The Kier molecular flexibility index (Phi) is 2.95. The second-order valence-electron chi connectivity index (χ2n) is 5.15. The van der Waals surface area contributed by atoms with E-state index in [9.17, 15) is 4.79 Å². The highest BCUT2D eigenvalue weighted by Crippen LogP contribution is 2.32. The molecule has 4 heteroatoms. The number of aromatic nitrogens is 1. The normalized spacial score (nSPS) is 16.3. The molecule has 19 heavy (non-hydrogen) atoms. The van der Waals surface area contributed by atoms with Crippen LogP contribution in [0.4, 0.5) is 0 Å². The number of hydrogen-bond donors (Lipinski definition) is 2. The number of fused-ring (bicyclic) bond motifs is 1. The maximum atomic E-state index is 11.7. The first kappa shape index (κ1) is 12.1. The van der Waals surface area contributed by atoms with Crippen LogP contribution in [0.1, 0.15) is 18.4 Å². The lowest BCUT2D eigenvalue weighted by Gasteiger charge is -2.10. The second-order valence-corrected chi connectivity index (χ2v) is 5.15. The Balaban J connectivity index is 1.67. The van der Waals surface area contributed by atoms with Gasteiger partial charge < -0.3 is 11.1 Å². The van der Waals surface area contributed by atoms with Crippen molar-refractivity contribution in [2.24, 2.45) is 5.73 Å². The molecule has 1 fully saturated rings. The third-order valence-corrected chi connectivity index (χ3v) is 3.64. The number of pyridine rings is 1. The molecular formula is C15H17N3O. The number of hydrogen-bond acceptors (Lipinski definition) is 3. The van der Waals surface area contributed by atoms with Crippen LogP contribution in [0.3, 0.4) is 0 Å². The molecule has 0 radical (unpaired) electrons. The van der Waals surface area contributed by atoms with E-state index in [2.05, 4.69) is 16.4 Å². The Bertz CT molecular complexity index is 614. The molecule has 1 heterocycles. The fourth-order valence-corrected chi connectivity index (χ4v) is 2.22. The Morgan fingerprint density at radius 1 is 1.32 bits per heavy atom. The minimum atomic E-state index is -0.586. The quantitative estimate of drug-likeness (QED) is 0.867. The van der Waals surface area contributed by atoms with Gasteiger partial charge in [0.2, 0.25) is 5.91 Å². The number of para-hydroxylation sites is 1. The molecule has 4 nitrogen and oxygen atoms in total. The van der Waals surface area contributed by atoms with Crippen LogP contribution in [0.15, 0.2) is 36.5 Å². The number of nitrogens with one attached hydrogen (secondary N) is 1.